The maximum absolute atomic E-state index is 13.4. The normalized spacial score (nSPS) is 12.2. The topological polar surface area (TPSA) is 86.8 Å². The molecule has 0 saturated heterocycles. The van der Waals surface area contributed by atoms with Gasteiger partial charge in [-0.2, -0.15) is 0 Å². The molecule has 0 aliphatic carbocycles. The summed E-state index contributed by atoms with van der Waals surface area (Å²) in [4.78, 5) is 27.4. The van der Waals surface area contributed by atoms with Gasteiger partial charge in [-0.25, -0.2) is 8.42 Å². The number of nitrogens with one attached hydrogen (secondary N) is 1. The summed E-state index contributed by atoms with van der Waals surface area (Å²) >= 11 is 15.4. The predicted molar refractivity (Wildman–Crippen MR) is 136 cm³/mol. The molecule has 33 heavy (non-hydrogen) atoms. The van der Waals surface area contributed by atoms with Crippen LogP contribution in [0.4, 0.5) is 5.69 Å². The van der Waals surface area contributed by atoms with E-state index in [-0.39, 0.29) is 28.2 Å². The molecular formula is C22H26BrCl2N3O4S. The molecule has 7 nitrogen and oxygen atoms in total. The molecule has 2 aromatic rings. The number of halogens is 3. The molecule has 11 heteroatoms. The Labute approximate surface area is 213 Å². The predicted octanol–water partition coefficient (Wildman–Crippen LogP) is 4.47. The molecule has 0 fully saturated rings. The highest BCUT2D eigenvalue weighted by Crippen LogP contribution is 2.28. The molecule has 0 bridgehead atoms. The van der Waals surface area contributed by atoms with Crippen LogP contribution in [0.2, 0.25) is 10.0 Å². The van der Waals surface area contributed by atoms with E-state index in [4.69, 9.17) is 23.2 Å². The smallest absolute Gasteiger partial charge is 0.244 e. The molecule has 0 saturated carbocycles. The molecular weight excluding hydrogens is 553 g/mol. The molecule has 0 aromatic heterocycles. The number of carbonyl (C=O) groups excluding carboxylic acids is 2. The molecule has 1 unspecified atom stereocenters. The van der Waals surface area contributed by atoms with Crippen LogP contribution < -0.4 is 9.62 Å². The number of benzene rings is 2. The van der Waals surface area contributed by atoms with Crippen molar-refractivity contribution >= 4 is 66.7 Å². The first-order chi connectivity index (χ1) is 15.4. The van der Waals surface area contributed by atoms with Gasteiger partial charge in [0.05, 0.1) is 22.0 Å². The van der Waals surface area contributed by atoms with Crippen molar-refractivity contribution in [3.05, 3.63) is 62.5 Å². The molecule has 2 rings (SSSR count). The lowest BCUT2D eigenvalue weighted by atomic mass is 10.1. The fourth-order valence-electron chi connectivity index (χ4n) is 3.02. The zero-order valence-electron chi connectivity index (χ0n) is 18.5. The molecule has 2 aromatic carbocycles. The van der Waals surface area contributed by atoms with E-state index in [0.29, 0.717) is 6.54 Å². The van der Waals surface area contributed by atoms with Gasteiger partial charge in [-0.15, -0.1) is 0 Å². The zero-order chi connectivity index (χ0) is 24.8. The van der Waals surface area contributed by atoms with E-state index in [1.54, 1.807) is 6.92 Å². The zero-order valence-corrected chi connectivity index (χ0v) is 22.4. The van der Waals surface area contributed by atoms with Crippen LogP contribution in [0.15, 0.2) is 46.9 Å². The Hall–Kier alpha value is -1.81. The van der Waals surface area contributed by atoms with Crippen LogP contribution in [0.3, 0.4) is 0 Å². The maximum atomic E-state index is 13.4. The first-order valence-electron chi connectivity index (χ1n) is 10.2. The summed E-state index contributed by atoms with van der Waals surface area (Å²) in [6.07, 6.45) is 1.75. The lowest BCUT2D eigenvalue weighted by molar-refractivity contribution is -0.139. The third-order valence-corrected chi connectivity index (χ3v) is 7.26. The molecule has 0 aliphatic heterocycles. The van der Waals surface area contributed by atoms with E-state index >= 15 is 0 Å². The first kappa shape index (κ1) is 27.4. The Kier molecular flexibility index (Phi) is 10.0. The third kappa shape index (κ3) is 7.88. The monoisotopic (exact) mass is 577 g/mol. The highest BCUT2D eigenvalue weighted by atomic mass is 79.9. The number of sulfonamides is 1. The Balaban J connectivity index is 2.38. The van der Waals surface area contributed by atoms with E-state index < -0.39 is 28.5 Å². The van der Waals surface area contributed by atoms with Crippen LogP contribution in [0.5, 0.6) is 0 Å². The van der Waals surface area contributed by atoms with Crippen LogP contribution in [0.1, 0.15) is 25.8 Å². The van der Waals surface area contributed by atoms with Gasteiger partial charge in [0.25, 0.3) is 0 Å². The number of hydrogen-bond acceptors (Lipinski definition) is 4. The van der Waals surface area contributed by atoms with Crippen molar-refractivity contribution in [2.75, 3.05) is 23.7 Å². The van der Waals surface area contributed by atoms with Gasteiger partial charge < -0.3 is 10.2 Å². The highest BCUT2D eigenvalue weighted by molar-refractivity contribution is 9.10. The van der Waals surface area contributed by atoms with E-state index in [2.05, 4.69) is 21.2 Å². The summed E-state index contributed by atoms with van der Waals surface area (Å²) in [6, 6.07) is 10.8. The van der Waals surface area contributed by atoms with E-state index in [1.807, 2.05) is 31.2 Å². The lowest BCUT2D eigenvalue weighted by Gasteiger charge is -2.31. The maximum Gasteiger partial charge on any atom is 0.244 e. The summed E-state index contributed by atoms with van der Waals surface area (Å²) in [6.45, 7) is 3.65. The molecule has 2 amide bonds. The summed E-state index contributed by atoms with van der Waals surface area (Å²) in [5, 5.41) is 3.21. The summed E-state index contributed by atoms with van der Waals surface area (Å²) in [7, 11) is -3.84. The van der Waals surface area contributed by atoms with Crippen molar-refractivity contribution < 1.29 is 18.0 Å². The number of rotatable bonds is 10. The van der Waals surface area contributed by atoms with Crippen molar-refractivity contribution in [3.63, 3.8) is 0 Å². The number of nitrogens with zero attached hydrogens (tertiary/aromatic N) is 2. The highest BCUT2D eigenvalue weighted by Gasteiger charge is 2.30. The van der Waals surface area contributed by atoms with Crippen molar-refractivity contribution in [2.45, 2.75) is 32.9 Å². The number of anilines is 1. The minimum atomic E-state index is -3.84. The second kappa shape index (κ2) is 12.1. The second-order valence-corrected chi connectivity index (χ2v) is 11.1. The molecule has 0 spiro atoms. The summed E-state index contributed by atoms with van der Waals surface area (Å²) in [5.41, 5.74) is 0.995. The number of amides is 2. The molecule has 180 valence electrons. The lowest BCUT2D eigenvalue weighted by Crippen LogP contribution is -2.51. The largest absolute Gasteiger partial charge is 0.354 e. The minimum absolute atomic E-state index is 0.131. The van der Waals surface area contributed by atoms with E-state index in [0.717, 1.165) is 27.0 Å². The Morgan fingerprint density at radius 1 is 1.09 bits per heavy atom. The second-order valence-electron chi connectivity index (χ2n) is 7.48. The van der Waals surface area contributed by atoms with Crippen molar-refractivity contribution in [3.8, 4) is 0 Å². The fraction of sp³-hybridized carbons (Fsp3) is 0.364. The van der Waals surface area contributed by atoms with Gasteiger partial charge in [0.15, 0.2) is 0 Å². The van der Waals surface area contributed by atoms with Gasteiger partial charge in [0, 0.05) is 17.6 Å². The van der Waals surface area contributed by atoms with Gasteiger partial charge in [0.1, 0.15) is 12.6 Å². The quantitative estimate of drug-likeness (QED) is 0.451. The molecule has 1 N–H and O–H groups in total. The standard InChI is InChI=1S/C22H26BrCl2N3O4S/c1-4-11-26-22(30)15(2)27(13-16-5-7-17(23)8-6-16)21(29)14-28(33(3,31)32)18-9-10-19(24)20(25)12-18/h5-10,12,15H,4,11,13-14H2,1-3H3,(H,26,30). The van der Waals surface area contributed by atoms with Crippen LogP contribution in [-0.4, -0.2) is 50.5 Å². The van der Waals surface area contributed by atoms with E-state index in [9.17, 15) is 18.0 Å². The number of carbonyl (C=O) groups is 2. The minimum Gasteiger partial charge on any atom is -0.354 e. The number of hydrogen-bond donors (Lipinski definition) is 1. The fourth-order valence-corrected chi connectivity index (χ4v) is 4.42. The van der Waals surface area contributed by atoms with Crippen LogP contribution in [-0.2, 0) is 26.2 Å². The van der Waals surface area contributed by atoms with Gasteiger partial charge in [-0.05, 0) is 49.2 Å². The molecule has 0 heterocycles. The summed E-state index contributed by atoms with van der Waals surface area (Å²) in [5.74, 6) is -0.851. The third-order valence-electron chi connectivity index (χ3n) is 4.85. The van der Waals surface area contributed by atoms with Gasteiger partial charge in [-0.1, -0.05) is 58.2 Å². The van der Waals surface area contributed by atoms with Gasteiger partial charge in [-0.3, -0.25) is 13.9 Å². The van der Waals surface area contributed by atoms with Crippen LogP contribution >= 0.6 is 39.1 Å². The Morgan fingerprint density at radius 3 is 2.27 bits per heavy atom. The Morgan fingerprint density at radius 2 is 1.73 bits per heavy atom. The van der Waals surface area contributed by atoms with E-state index in [1.165, 1.54) is 23.1 Å². The molecule has 0 aliphatic rings. The van der Waals surface area contributed by atoms with Crippen molar-refractivity contribution in [1.82, 2.24) is 10.2 Å². The Bertz CT molecular complexity index is 1100. The van der Waals surface area contributed by atoms with Crippen LogP contribution in [0.25, 0.3) is 0 Å². The summed E-state index contributed by atoms with van der Waals surface area (Å²) < 4.78 is 26.9. The molecule has 0 radical (unpaired) electrons. The average molecular weight is 579 g/mol. The van der Waals surface area contributed by atoms with Crippen molar-refractivity contribution in [2.24, 2.45) is 0 Å². The first-order valence-corrected chi connectivity index (χ1v) is 13.6. The molecule has 1 atom stereocenters. The van der Waals surface area contributed by atoms with Gasteiger partial charge >= 0.3 is 0 Å². The SMILES string of the molecule is CCCNC(=O)C(C)N(Cc1ccc(Br)cc1)C(=O)CN(c1ccc(Cl)c(Cl)c1)S(C)(=O)=O. The van der Waals surface area contributed by atoms with Crippen LogP contribution in [0, 0.1) is 0 Å². The van der Waals surface area contributed by atoms with Crippen molar-refractivity contribution in [1.29, 1.82) is 0 Å². The average Bonchev–Trinajstić information content (AvgIpc) is 2.76. The van der Waals surface area contributed by atoms with Gasteiger partial charge in [0.2, 0.25) is 21.8 Å².